The van der Waals surface area contributed by atoms with Crippen LogP contribution >= 0.6 is 23.2 Å². The molecule has 0 aliphatic carbocycles. The summed E-state index contributed by atoms with van der Waals surface area (Å²) >= 11 is 12.0. The van der Waals surface area contributed by atoms with Gasteiger partial charge in [-0.2, -0.15) is 5.26 Å². The molecule has 132 valence electrons. The predicted octanol–water partition coefficient (Wildman–Crippen LogP) is 4.26. The fourth-order valence-electron chi connectivity index (χ4n) is 3.02. The lowest BCUT2D eigenvalue weighted by Crippen LogP contribution is -2.47. The summed E-state index contributed by atoms with van der Waals surface area (Å²) in [5, 5.41) is 9.59. The third-order valence-electron chi connectivity index (χ3n) is 4.62. The van der Waals surface area contributed by atoms with Crippen molar-refractivity contribution in [1.29, 1.82) is 5.26 Å². The van der Waals surface area contributed by atoms with Crippen LogP contribution in [0.15, 0.2) is 42.5 Å². The SMILES string of the molecule is CN1C(=O)N(c2cc(Cl)cc(Cl)c2)C(=O)C1(C)Cc1ccc(C#N)cc1. The van der Waals surface area contributed by atoms with Gasteiger partial charge in [-0.15, -0.1) is 0 Å². The van der Waals surface area contributed by atoms with Gasteiger partial charge in [0.25, 0.3) is 5.91 Å². The lowest BCUT2D eigenvalue weighted by atomic mass is 9.91. The van der Waals surface area contributed by atoms with E-state index in [2.05, 4.69) is 6.07 Å². The average Bonchev–Trinajstić information content (AvgIpc) is 2.75. The van der Waals surface area contributed by atoms with Crippen LogP contribution in [0.25, 0.3) is 0 Å². The van der Waals surface area contributed by atoms with Crippen molar-refractivity contribution in [1.82, 2.24) is 4.90 Å². The Labute approximate surface area is 161 Å². The number of carbonyl (C=O) groups excluding carboxylic acids is 2. The third kappa shape index (κ3) is 3.03. The number of imide groups is 1. The second-order valence-electron chi connectivity index (χ2n) is 6.37. The van der Waals surface area contributed by atoms with E-state index in [4.69, 9.17) is 28.5 Å². The highest BCUT2D eigenvalue weighted by Gasteiger charge is 2.53. The van der Waals surface area contributed by atoms with Crippen LogP contribution in [-0.2, 0) is 11.2 Å². The molecule has 7 heteroatoms. The van der Waals surface area contributed by atoms with Crippen molar-refractivity contribution in [3.8, 4) is 6.07 Å². The molecule has 1 unspecified atom stereocenters. The number of rotatable bonds is 3. The summed E-state index contributed by atoms with van der Waals surface area (Å²) < 4.78 is 0. The molecule has 5 nitrogen and oxygen atoms in total. The number of hydrogen-bond acceptors (Lipinski definition) is 3. The maximum Gasteiger partial charge on any atom is 0.332 e. The molecular formula is C19H15Cl2N3O2. The van der Waals surface area contributed by atoms with Crippen molar-refractivity contribution >= 4 is 40.8 Å². The molecule has 0 aromatic heterocycles. The molecule has 0 bridgehead atoms. The van der Waals surface area contributed by atoms with Gasteiger partial charge in [-0.3, -0.25) is 4.79 Å². The highest BCUT2D eigenvalue weighted by Crippen LogP contribution is 2.35. The van der Waals surface area contributed by atoms with Gasteiger partial charge in [0.05, 0.1) is 17.3 Å². The lowest BCUT2D eigenvalue weighted by molar-refractivity contribution is -0.123. The summed E-state index contributed by atoms with van der Waals surface area (Å²) in [4.78, 5) is 28.4. The zero-order valence-electron chi connectivity index (χ0n) is 14.2. The van der Waals surface area contributed by atoms with E-state index in [0.29, 0.717) is 27.7 Å². The van der Waals surface area contributed by atoms with Crippen molar-refractivity contribution in [3.05, 3.63) is 63.6 Å². The van der Waals surface area contributed by atoms with Gasteiger partial charge in [-0.1, -0.05) is 35.3 Å². The monoisotopic (exact) mass is 387 g/mol. The number of urea groups is 1. The highest BCUT2D eigenvalue weighted by atomic mass is 35.5. The van der Waals surface area contributed by atoms with Crippen LogP contribution in [0.1, 0.15) is 18.1 Å². The topological polar surface area (TPSA) is 64.4 Å². The van der Waals surface area contributed by atoms with Gasteiger partial charge in [-0.25, -0.2) is 9.69 Å². The number of amides is 3. The molecule has 3 rings (SSSR count). The largest absolute Gasteiger partial charge is 0.332 e. The van der Waals surface area contributed by atoms with Gasteiger partial charge < -0.3 is 4.90 Å². The summed E-state index contributed by atoms with van der Waals surface area (Å²) in [6, 6.07) is 13.2. The van der Waals surface area contributed by atoms with Crippen LogP contribution in [0.4, 0.5) is 10.5 Å². The molecule has 1 aliphatic heterocycles. The Hall–Kier alpha value is -2.55. The Morgan fingerprint density at radius 2 is 1.65 bits per heavy atom. The Kier molecular flexibility index (Phi) is 4.66. The maximum absolute atomic E-state index is 13.1. The van der Waals surface area contributed by atoms with Gasteiger partial charge in [0, 0.05) is 23.5 Å². The van der Waals surface area contributed by atoms with E-state index in [-0.39, 0.29) is 5.91 Å². The van der Waals surface area contributed by atoms with E-state index in [0.717, 1.165) is 10.5 Å². The Balaban J connectivity index is 1.96. The quantitative estimate of drug-likeness (QED) is 0.738. The molecule has 0 radical (unpaired) electrons. The van der Waals surface area contributed by atoms with Gasteiger partial charge in [0.2, 0.25) is 0 Å². The van der Waals surface area contributed by atoms with Crippen molar-refractivity contribution in [3.63, 3.8) is 0 Å². The van der Waals surface area contributed by atoms with Crippen LogP contribution in [0, 0.1) is 11.3 Å². The van der Waals surface area contributed by atoms with Gasteiger partial charge in [-0.05, 0) is 42.8 Å². The number of nitrogens with zero attached hydrogens (tertiary/aromatic N) is 3. The number of hydrogen-bond donors (Lipinski definition) is 0. The lowest BCUT2D eigenvalue weighted by Gasteiger charge is -2.28. The van der Waals surface area contributed by atoms with E-state index >= 15 is 0 Å². The number of benzene rings is 2. The fourth-order valence-corrected chi connectivity index (χ4v) is 3.53. The number of anilines is 1. The summed E-state index contributed by atoms with van der Waals surface area (Å²) in [7, 11) is 1.59. The molecule has 0 spiro atoms. The molecular weight excluding hydrogens is 373 g/mol. The summed E-state index contributed by atoms with van der Waals surface area (Å²) in [5.41, 5.74) is 0.676. The summed E-state index contributed by atoms with van der Waals surface area (Å²) in [6.45, 7) is 1.72. The Morgan fingerprint density at radius 3 is 2.19 bits per heavy atom. The van der Waals surface area contributed by atoms with E-state index < -0.39 is 11.6 Å². The molecule has 2 aromatic carbocycles. The van der Waals surface area contributed by atoms with E-state index in [9.17, 15) is 9.59 Å². The summed E-state index contributed by atoms with van der Waals surface area (Å²) in [5.74, 6) is -0.354. The number of halogens is 2. The van der Waals surface area contributed by atoms with Crippen LogP contribution in [0.2, 0.25) is 10.0 Å². The van der Waals surface area contributed by atoms with Crippen molar-refractivity contribution in [2.75, 3.05) is 11.9 Å². The number of nitriles is 1. The van der Waals surface area contributed by atoms with Crippen molar-refractivity contribution < 1.29 is 9.59 Å². The fraction of sp³-hybridized carbons (Fsp3) is 0.211. The minimum atomic E-state index is -1.06. The van der Waals surface area contributed by atoms with Gasteiger partial charge >= 0.3 is 6.03 Å². The van der Waals surface area contributed by atoms with E-state index in [1.807, 2.05) is 0 Å². The minimum Gasteiger partial charge on any atom is -0.312 e. The van der Waals surface area contributed by atoms with Crippen LogP contribution in [-0.4, -0.2) is 29.4 Å². The van der Waals surface area contributed by atoms with E-state index in [1.165, 1.54) is 23.1 Å². The first-order valence-corrected chi connectivity index (χ1v) is 8.59. The zero-order valence-corrected chi connectivity index (χ0v) is 15.7. The molecule has 1 saturated heterocycles. The molecule has 1 atom stereocenters. The number of carbonyl (C=O) groups is 2. The molecule has 26 heavy (non-hydrogen) atoms. The highest BCUT2D eigenvalue weighted by molar-refractivity contribution is 6.35. The Morgan fingerprint density at radius 1 is 1.08 bits per heavy atom. The van der Waals surface area contributed by atoms with Crippen molar-refractivity contribution in [2.24, 2.45) is 0 Å². The van der Waals surface area contributed by atoms with E-state index in [1.54, 1.807) is 38.2 Å². The van der Waals surface area contributed by atoms with Crippen LogP contribution < -0.4 is 4.90 Å². The predicted molar refractivity (Wildman–Crippen MR) is 100 cm³/mol. The third-order valence-corrected chi connectivity index (χ3v) is 5.06. The first-order chi connectivity index (χ1) is 12.3. The molecule has 1 fully saturated rings. The zero-order chi connectivity index (χ0) is 19.1. The van der Waals surface area contributed by atoms with Gasteiger partial charge in [0.15, 0.2) is 0 Å². The molecule has 0 N–H and O–H groups in total. The Bertz CT molecular complexity index is 917. The first-order valence-electron chi connectivity index (χ1n) is 7.84. The first kappa shape index (κ1) is 18.2. The average molecular weight is 388 g/mol. The number of likely N-dealkylation sites (N-methyl/N-ethyl adjacent to an activating group) is 1. The second kappa shape index (κ2) is 6.64. The summed E-state index contributed by atoms with van der Waals surface area (Å²) in [6.07, 6.45) is 0.324. The molecule has 3 amide bonds. The standard InChI is InChI=1S/C19H15Cl2N3O2/c1-19(10-12-3-5-13(11-22)6-4-12)17(25)24(18(26)23(19)2)16-8-14(20)7-15(21)9-16/h3-9H,10H2,1-2H3. The maximum atomic E-state index is 13.1. The van der Waals surface area contributed by atoms with Crippen molar-refractivity contribution in [2.45, 2.75) is 18.9 Å². The van der Waals surface area contributed by atoms with Crippen LogP contribution in [0.3, 0.4) is 0 Å². The minimum absolute atomic E-state index is 0.324. The molecule has 0 saturated carbocycles. The second-order valence-corrected chi connectivity index (χ2v) is 7.24. The smallest absolute Gasteiger partial charge is 0.312 e. The van der Waals surface area contributed by atoms with Gasteiger partial charge in [0.1, 0.15) is 5.54 Å². The molecule has 1 aliphatic rings. The normalized spacial score (nSPS) is 19.8. The van der Waals surface area contributed by atoms with Crippen LogP contribution in [0.5, 0.6) is 0 Å². The molecule has 1 heterocycles. The molecule has 2 aromatic rings.